The molecule has 12 heavy (non-hydrogen) atoms. The molecule has 3 N–H and O–H groups in total. The smallest absolute Gasteiger partial charge is 0.326 e. The lowest BCUT2D eigenvalue weighted by atomic mass is 10.2. The number of imidazole rings is 1. The van der Waals surface area contributed by atoms with E-state index in [0.29, 0.717) is 5.69 Å². The van der Waals surface area contributed by atoms with E-state index in [2.05, 4.69) is 15.3 Å². The van der Waals surface area contributed by atoms with Crippen molar-refractivity contribution in [3.8, 4) is 0 Å². The molecule has 0 saturated heterocycles. The van der Waals surface area contributed by atoms with Crippen molar-refractivity contribution in [1.29, 1.82) is 0 Å². The highest BCUT2D eigenvalue weighted by Crippen LogP contribution is 2.06. The Morgan fingerprint density at radius 2 is 2.50 bits per heavy atom. The van der Waals surface area contributed by atoms with Crippen molar-refractivity contribution >= 4 is 18.4 Å². The first kappa shape index (κ1) is 10.9. The summed E-state index contributed by atoms with van der Waals surface area (Å²) in [4.78, 5) is 16.9. The highest BCUT2D eigenvalue weighted by molar-refractivity contribution is 5.85. The van der Waals surface area contributed by atoms with E-state index in [1.54, 1.807) is 7.05 Å². The topological polar surface area (TPSA) is 78.0 Å². The quantitative estimate of drug-likeness (QED) is 0.637. The van der Waals surface area contributed by atoms with Crippen LogP contribution in [0.1, 0.15) is 11.7 Å². The molecule has 0 spiro atoms. The van der Waals surface area contributed by atoms with Crippen LogP contribution in [0.4, 0.5) is 0 Å². The number of aromatic nitrogens is 2. The number of carboxylic acids is 1. The molecule has 1 rings (SSSR count). The summed E-state index contributed by atoms with van der Waals surface area (Å²) in [5.74, 6) is -0.920. The second-order valence-corrected chi connectivity index (χ2v) is 2.07. The van der Waals surface area contributed by atoms with Crippen LogP contribution < -0.4 is 5.32 Å². The molecule has 0 bridgehead atoms. The van der Waals surface area contributed by atoms with Crippen molar-refractivity contribution in [1.82, 2.24) is 15.3 Å². The number of hydrogen-bond donors (Lipinski definition) is 3. The van der Waals surface area contributed by atoms with Gasteiger partial charge in [0.1, 0.15) is 6.04 Å². The standard InChI is InChI=1S/C6H9N3O2.ClH/c1-7-5(6(10)11)4-2-8-3-9-4;/h2-3,5,7H,1H3,(H,8,9)(H,10,11);1H. The van der Waals surface area contributed by atoms with Crippen LogP contribution in [0.15, 0.2) is 12.5 Å². The van der Waals surface area contributed by atoms with Gasteiger partial charge in [-0.05, 0) is 7.05 Å². The Morgan fingerprint density at radius 3 is 2.83 bits per heavy atom. The minimum Gasteiger partial charge on any atom is -0.480 e. The number of aliphatic carboxylic acids is 1. The van der Waals surface area contributed by atoms with E-state index in [9.17, 15) is 4.79 Å². The molecule has 0 aromatic carbocycles. The van der Waals surface area contributed by atoms with Crippen LogP contribution in [-0.4, -0.2) is 28.1 Å². The maximum absolute atomic E-state index is 10.5. The van der Waals surface area contributed by atoms with E-state index in [1.165, 1.54) is 12.5 Å². The Morgan fingerprint density at radius 1 is 1.83 bits per heavy atom. The summed E-state index contributed by atoms with van der Waals surface area (Å²) >= 11 is 0. The van der Waals surface area contributed by atoms with Crippen LogP contribution in [0.5, 0.6) is 0 Å². The van der Waals surface area contributed by atoms with Gasteiger partial charge in [0.25, 0.3) is 0 Å². The molecule has 1 aromatic rings. The number of hydrogen-bond acceptors (Lipinski definition) is 3. The molecule has 0 saturated carbocycles. The molecule has 1 heterocycles. The summed E-state index contributed by atoms with van der Waals surface area (Å²) in [5.41, 5.74) is 0.556. The van der Waals surface area contributed by atoms with Gasteiger partial charge >= 0.3 is 5.97 Å². The van der Waals surface area contributed by atoms with Gasteiger partial charge in [-0.3, -0.25) is 4.79 Å². The van der Waals surface area contributed by atoms with Crippen LogP contribution >= 0.6 is 12.4 Å². The zero-order valence-corrected chi connectivity index (χ0v) is 7.26. The Hall–Kier alpha value is -1.07. The number of nitrogens with zero attached hydrogens (tertiary/aromatic N) is 1. The molecule has 68 valence electrons. The van der Waals surface area contributed by atoms with Gasteiger partial charge in [0.05, 0.1) is 18.2 Å². The second kappa shape index (κ2) is 4.74. The van der Waals surface area contributed by atoms with E-state index in [1.807, 2.05) is 0 Å². The minimum absolute atomic E-state index is 0. The Bertz CT molecular complexity index is 237. The van der Waals surface area contributed by atoms with Crippen LogP contribution in [0.25, 0.3) is 0 Å². The van der Waals surface area contributed by atoms with Crippen LogP contribution in [0.3, 0.4) is 0 Å². The van der Waals surface area contributed by atoms with Crippen molar-refractivity contribution in [3.05, 3.63) is 18.2 Å². The number of halogens is 1. The van der Waals surface area contributed by atoms with Gasteiger partial charge in [-0.15, -0.1) is 12.4 Å². The molecule has 1 unspecified atom stereocenters. The molecule has 0 amide bonds. The van der Waals surface area contributed by atoms with Gasteiger partial charge in [-0.1, -0.05) is 0 Å². The van der Waals surface area contributed by atoms with E-state index in [0.717, 1.165) is 0 Å². The number of likely N-dealkylation sites (N-methyl/N-ethyl adjacent to an activating group) is 1. The summed E-state index contributed by atoms with van der Waals surface area (Å²) in [6.45, 7) is 0. The molecule has 0 fully saturated rings. The molecular weight excluding hydrogens is 182 g/mol. The molecule has 0 aliphatic heterocycles. The Labute approximate surface area is 75.6 Å². The summed E-state index contributed by atoms with van der Waals surface area (Å²) < 4.78 is 0. The third kappa shape index (κ3) is 2.21. The molecule has 0 radical (unpaired) electrons. The lowest BCUT2D eigenvalue weighted by molar-refractivity contribution is -0.139. The first-order valence-electron chi connectivity index (χ1n) is 3.14. The van der Waals surface area contributed by atoms with Gasteiger partial charge in [0, 0.05) is 0 Å². The van der Waals surface area contributed by atoms with Crippen molar-refractivity contribution in [2.24, 2.45) is 0 Å². The van der Waals surface area contributed by atoms with Gasteiger partial charge in [-0.25, -0.2) is 4.98 Å². The third-order valence-electron chi connectivity index (χ3n) is 1.37. The molecule has 6 heteroatoms. The number of rotatable bonds is 3. The normalized spacial score (nSPS) is 11.8. The maximum Gasteiger partial charge on any atom is 0.326 e. The Kier molecular flexibility index (Phi) is 4.31. The largest absolute Gasteiger partial charge is 0.480 e. The Balaban J connectivity index is 0.00000121. The zero-order chi connectivity index (χ0) is 8.27. The average Bonchev–Trinajstić information content (AvgIpc) is 2.40. The van der Waals surface area contributed by atoms with Crippen LogP contribution in [0.2, 0.25) is 0 Å². The fourth-order valence-electron chi connectivity index (χ4n) is 0.837. The lowest BCUT2D eigenvalue weighted by Crippen LogP contribution is -2.25. The fraction of sp³-hybridized carbons (Fsp3) is 0.333. The average molecular weight is 192 g/mol. The summed E-state index contributed by atoms with van der Waals surface area (Å²) in [5, 5.41) is 11.3. The maximum atomic E-state index is 10.5. The third-order valence-corrected chi connectivity index (χ3v) is 1.37. The lowest BCUT2D eigenvalue weighted by Gasteiger charge is -2.06. The second-order valence-electron chi connectivity index (χ2n) is 2.07. The van der Waals surface area contributed by atoms with Crippen molar-refractivity contribution in [2.45, 2.75) is 6.04 Å². The van der Waals surface area contributed by atoms with Crippen LogP contribution in [0, 0.1) is 0 Å². The van der Waals surface area contributed by atoms with Crippen molar-refractivity contribution in [2.75, 3.05) is 7.05 Å². The predicted octanol–water partition coefficient (Wildman–Crippen LogP) is 0.177. The molecular formula is C6H10ClN3O2. The SMILES string of the molecule is CNC(C(=O)O)c1cnc[nH]1.Cl. The minimum atomic E-state index is -0.920. The summed E-state index contributed by atoms with van der Waals surface area (Å²) in [6.07, 6.45) is 2.93. The zero-order valence-electron chi connectivity index (χ0n) is 6.44. The number of nitrogens with one attached hydrogen (secondary N) is 2. The van der Waals surface area contributed by atoms with Crippen molar-refractivity contribution < 1.29 is 9.90 Å². The number of carboxylic acid groups (broad SMARTS) is 1. The summed E-state index contributed by atoms with van der Waals surface area (Å²) in [6, 6.07) is -0.697. The fourth-order valence-corrected chi connectivity index (χ4v) is 0.837. The van der Waals surface area contributed by atoms with Crippen LogP contribution in [-0.2, 0) is 4.79 Å². The van der Waals surface area contributed by atoms with Gasteiger partial charge < -0.3 is 15.4 Å². The molecule has 5 nitrogen and oxygen atoms in total. The number of aromatic amines is 1. The molecule has 1 aromatic heterocycles. The van der Waals surface area contributed by atoms with Gasteiger partial charge in [0.2, 0.25) is 0 Å². The molecule has 0 aliphatic rings. The first-order valence-corrected chi connectivity index (χ1v) is 3.14. The monoisotopic (exact) mass is 191 g/mol. The summed E-state index contributed by atoms with van der Waals surface area (Å²) in [7, 11) is 1.58. The van der Waals surface area contributed by atoms with Gasteiger partial charge in [-0.2, -0.15) is 0 Å². The number of H-pyrrole nitrogens is 1. The van der Waals surface area contributed by atoms with Gasteiger partial charge in [0.15, 0.2) is 0 Å². The highest BCUT2D eigenvalue weighted by atomic mass is 35.5. The highest BCUT2D eigenvalue weighted by Gasteiger charge is 2.17. The molecule has 1 atom stereocenters. The predicted molar refractivity (Wildman–Crippen MR) is 45.3 cm³/mol. The van der Waals surface area contributed by atoms with E-state index < -0.39 is 12.0 Å². The van der Waals surface area contributed by atoms with E-state index >= 15 is 0 Å². The first-order chi connectivity index (χ1) is 5.25. The van der Waals surface area contributed by atoms with Crippen molar-refractivity contribution in [3.63, 3.8) is 0 Å². The van der Waals surface area contributed by atoms with E-state index in [-0.39, 0.29) is 12.4 Å². The van der Waals surface area contributed by atoms with E-state index in [4.69, 9.17) is 5.11 Å². The number of carbonyl (C=O) groups is 1. The molecule has 0 aliphatic carbocycles.